The van der Waals surface area contributed by atoms with Gasteiger partial charge in [-0.2, -0.15) is 0 Å². The Balaban J connectivity index is 1.74. The maximum absolute atomic E-state index is 11.7. The van der Waals surface area contributed by atoms with E-state index in [0.717, 1.165) is 83.5 Å². The summed E-state index contributed by atoms with van der Waals surface area (Å²) in [7, 11) is 0. The second kappa shape index (κ2) is 14.0. The third kappa shape index (κ3) is 8.90. The number of carbonyl (C=O) groups is 2. The Morgan fingerprint density at radius 3 is 1.42 bits per heavy atom. The van der Waals surface area contributed by atoms with E-state index in [2.05, 4.69) is 5.18 Å². The minimum Gasteiger partial charge on any atom is -0.481 e. The van der Waals surface area contributed by atoms with Crippen LogP contribution >= 0.6 is 0 Å². The number of rotatable bonds is 14. The van der Waals surface area contributed by atoms with Gasteiger partial charge >= 0.3 is 5.97 Å². The van der Waals surface area contributed by atoms with E-state index in [0.29, 0.717) is 24.7 Å². The molecular weight excluding hydrogens is 458 g/mol. The summed E-state index contributed by atoms with van der Waals surface area (Å²) in [4.78, 5) is 33.6. The number of carboxylic acid groups (broad SMARTS) is 1. The van der Waals surface area contributed by atoms with Crippen molar-refractivity contribution in [2.75, 3.05) is 0 Å². The van der Waals surface area contributed by atoms with Gasteiger partial charge in [-0.3, -0.25) is 9.59 Å². The predicted octanol–water partition coefficient (Wildman–Crippen LogP) is 6.48. The Labute approximate surface area is 217 Å². The van der Waals surface area contributed by atoms with Crippen LogP contribution in [-0.2, 0) is 9.59 Å². The summed E-state index contributed by atoms with van der Waals surface area (Å²) in [6, 6.07) is 0. The smallest absolute Gasteiger partial charge is 0.309 e. The van der Waals surface area contributed by atoms with E-state index in [1.807, 2.05) is 0 Å². The normalized spacial score (nSPS) is 29.6. The van der Waals surface area contributed by atoms with E-state index >= 15 is 0 Å². The summed E-state index contributed by atoms with van der Waals surface area (Å²) in [5.41, 5.74) is -1.44. The van der Waals surface area contributed by atoms with Crippen molar-refractivity contribution in [3.63, 3.8) is 0 Å². The number of amides is 1. The van der Waals surface area contributed by atoms with Crippen molar-refractivity contribution >= 4 is 11.9 Å². The van der Waals surface area contributed by atoms with Crippen LogP contribution in [0.4, 0.5) is 0 Å². The number of hydrogen-bond acceptors (Lipinski definition) is 5. The first-order chi connectivity index (χ1) is 16.9. The number of hydrogen-bond donors (Lipinski definition) is 3. The van der Waals surface area contributed by atoms with Crippen LogP contribution in [-0.4, -0.2) is 39.4 Å². The first-order valence-corrected chi connectivity index (χ1v) is 14.4. The van der Waals surface area contributed by atoms with Gasteiger partial charge in [-0.15, -0.1) is 4.91 Å². The van der Waals surface area contributed by atoms with Crippen LogP contribution in [0.2, 0.25) is 0 Å². The van der Waals surface area contributed by atoms with E-state index in [1.165, 1.54) is 0 Å². The van der Waals surface area contributed by atoms with E-state index in [1.54, 1.807) is 27.7 Å². The van der Waals surface area contributed by atoms with Gasteiger partial charge in [-0.05, 0) is 102 Å². The van der Waals surface area contributed by atoms with Crippen LogP contribution in [0.1, 0.15) is 124 Å². The molecule has 0 heterocycles. The summed E-state index contributed by atoms with van der Waals surface area (Å²) >= 11 is 0. The average Bonchev–Trinajstić information content (AvgIpc) is 2.82. The molecule has 7 nitrogen and oxygen atoms in total. The van der Waals surface area contributed by atoms with Crippen molar-refractivity contribution in [2.24, 2.45) is 39.7 Å². The largest absolute Gasteiger partial charge is 0.481 e. The maximum Gasteiger partial charge on any atom is 0.309 e. The summed E-state index contributed by atoms with van der Waals surface area (Å²) < 4.78 is 0. The topological polar surface area (TPSA) is 124 Å². The van der Waals surface area contributed by atoms with Crippen molar-refractivity contribution < 1.29 is 24.9 Å². The zero-order valence-electron chi connectivity index (χ0n) is 23.1. The average molecular weight is 510 g/mol. The van der Waals surface area contributed by atoms with Crippen molar-refractivity contribution in [1.82, 2.24) is 0 Å². The lowest BCUT2D eigenvalue weighted by atomic mass is 9.72. The van der Waals surface area contributed by atoms with E-state index in [-0.39, 0.29) is 24.0 Å². The molecular formula is C29H51NO6. The number of nitroso groups, excluding NO2 is 1. The summed E-state index contributed by atoms with van der Waals surface area (Å²) in [5.74, 6) is -0.238. The van der Waals surface area contributed by atoms with Crippen LogP contribution in [0.3, 0.4) is 0 Å². The standard InChI is InChI=1S/C29H51NO6/c1-28(2,26(33)30-36)18-8-16-22-14-6-12-20(24(22)31)10-5-11-21-13-7-15-23(25(21)32)17-9-19-29(3,4)27(34)35/h20-25,31-32H,5-19H2,1-4H3,(H,34,35). The van der Waals surface area contributed by atoms with Crippen LogP contribution < -0.4 is 0 Å². The molecule has 7 heteroatoms. The molecule has 6 unspecified atom stereocenters. The van der Waals surface area contributed by atoms with Crippen molar-refractivity contribution in [3.05, 3.63) is 4.91 Å². The molecule has 0 saturated heterocycles. The van der Waals surface area contributed by atoms with Gasteiger partial charge in [0.25, 0.3) is 5.91 Å². The Morgan fingerprint density at radius 2 is 1.06 bits per heavy atom. The fraction of sp³-hybridized carbons (Fsp3) is 0.931. The molecule has 2 aliphatic rings. The first-order valence-electron chi connectivity index (χ1n) is 14.4. The zero-order chi connectivity index (χ0) is 26.9. The molecule has 0 aliphatic heterocycles. The van der Waals surface area contributed by atoms with E-state index < -0.39 is 22.7 Å². The molecule has 0 spiro atoms. The van der Waals surface area contributed by atoms with Gasteiger partial charge in [0.1, 0.15) is 0 Å². The van der Waals surface area contributed by atoms with Gasteiger partial charge in [0.15, 0.2) is 0 Å². The monoisotopic (exact) mass is 509 g/mol. The quantitative estimate of drug-likeness (QED) is 0.230. The number of carbonyl (C=O) groups excluding carboxylic acids is 1. The molecule has 0 aromatic rings. The van der Waals surface area contributed by atoms with Crippen molar-refractivity contribution in [2.45, 2.75) is 136 Å². The molecule has 2 rings (SSSR count). The first kappa shape index (κ1) is 30.9. The third-order valence-electron chi connectivity index (χ3n) is 9.38. The third-order valence-corrected chi connectivity index (χ3v) is 9.38. The van der Waals surface area contributed by atoms with Gasteiger partial charge in [0.2, 0.25) is 0 Å². The minimum atomic E-state index is -0.758. The highest BCUT2D eigenvalue weighted by Gasteiger charge is 2.35. The highest BCUT2D eigenvalue weighted by molar-refractivity contribution is 5.82. The molecule has 0 aromatic carbocycles. The molecule has 0 bridgehead atoms. The number of nitrogens with zero attached hydrogens (tertiary/aromatic N) is 1. The van der Waals surface area contributed by atoms with E-state index in [4.69, 9.17) is 0 Å². The van der Waals surface area contributed by atoms with Gasteiger partial charge in [-0.1, -0.05) is 46.0 Å². The minimum absolute atomic E-state index is 0.249. The molecule has 3 N–H and O–H groups in total. The Bertz CT molecular complexity index is 721. The molecule has 36 heavy (non-hydrogen) atoms. The van der Waals surface area contributed by atoms with Gasteiger partial charge < -0.3 is 15.3 Å². The lowest BCUT2D eigenvalue weighted by Gasteiger charge is -2.37. The highest BCUT2D eigenvalue weighted by Crippen LogP contribution is 2.39. The summed E-state index contributed by atoms with van der Waals surface area (Å²) in [6.45, 7) is 7.06. The second-order valence-electron chi connectivity index (χ2n) is 13.1. The lowest BCUT2D eigenvalue weighted by molar-refractivity contribution is -0.147. The Morgan fingerprint density at radius 1 is 0.694 bits per heavy atom. The van der Waals surface area contributed by atoms with Gasteiger partial charge in [0, 0.05) is 10.6 Å². The van der Waals surface area contributed by atoms with Crippen molar-refractivity contribution in [3.8, 4) is 0 Å². The second-order valence-corrected chi connectivity index (χ2v) is 13.1. The number of aliphatic carboxylic acids is 1. The fourth-order valence-electron chi connectivity index (χ4n) is 6.59. The summed E-state index contributed by atoms with van der Waals surface area (Å²) in [5, 5.41) is 33.9. The van der Waals surface area contributed by atoms with Gasteiger partial charge in [0.05, 0.1) is 17.6 Å². The van der Waals surface area contributed by atoms with Crippen LogP contribution in [0, 0.1) is 39.4 Å². The Hall–Kier alpha value is -1.34. The molecule has 2 fully saturated rings. The highest BCUT2D eigenvalue weighted by atomic mass is 16.4. The molecule has 208 valence electrons. The molecule has 6 atom stereocenters. The van der Waals surface area contributed by atoms with Crippen molar-refractivity contribution in [1.29, 1.82) is 0 Å². The predicted molar refractivity (Wildman–Crippen MR) is 141 cm³/mol. The molecule has 2 aliphatic carbocycles. The van der Waals surface area contributed by atoms with Crippen LogP contribution in [0.5, 0.6) is 0 Å². The molecule has 0 radical (unpaired) electrons. The molecule has 2 saturated carbocycles. The lowest BCUT2D eigenvalue weighted by Crippen LogP contribution is -2.35. The fourth-order valence-corrected chi connectivity index (χ4v) is 6.59. The molecule has 0 aromatic heterocycles. The van der Waals surface area contributed by atoms with E-state index in [9.17, 15) is 29.8 Å². The molecule has 1 amide bonds. The maximum atomic E-state index is 11.7. The van der Waals surface area contributed by atoms with Crippen LogP contribution in [0.15, 0.2) is 5.18 Å². The zero-order valence-corrected chi connectivity index (χ0v) is 23.1. The van der Waals surface area contributed by atoms with Gasteiger partial charge in [-0.25, -0.2) is 0 Å². The number of aliphatic hydroxyl groups is 2. The van der Waals surface area contributed by atoms with Crippen LogP contribution in [0.25, 0.3) is 0 Å². The number of aliphatic hydroxyl groups excluding tert-OH is 2. The SMILES string of the molecule is CC(C)(CCCC1CCCC(CCCC2CCCC(CCCC(C)(C)C(=O)N=O)C2O)C1O)C(=O)O. The Kier molecular flexibility index (Phi) is 12.0. The number of carboxylic acids is 1. The summed E-state index contributed by atoms with van der Waals surface area (Å²) in [6.07, 6.45) is 13.4.